The van der Waals surface area contributed by atoms with Gasteiger partial charge in [0.05, 0.1) is 6.61 Å². The lowest BCUT2D eigenvalue weighted by Gasteiger charge is -2.27. The zero-order chi connectivity index (χ0) is 13.1. The second-order valence-electron chi connectivity index (χ2n) is 4.58. The Labute approximate surface area is 111 Å². The number of aromatic nitrogens is 1. The Hall–Kier alpha value is -1.94. The molecule has 19 heavy (non-hydrogen) atoms. The average molecular weight is 258 g/mol. The van der Waals surface area contributed by atoms with Gasteiger partial charge < -0.3 is 10.1 Å². The minimum atomic E-state index is -0.284. The lowest BCUT2D eigenvalue weighted by atomic mass is 10.00. The van der Waals surface area contributed by atoms with E-state index >= 15 is 0 Å². The van der Waals surface area contributed by atoms with Gasteiger partial charge in [-0.3, -0.25) is 4.98 Å². The molecular weight excluding hydrogens is 243 g/mol. The van der Waals surface area contributed by atoms with Crippen LogP contribution in [0.3, 0.4) is 0 Å². The van der Waals surface area contributed by atoms with Crippen molar-refractivity contribution >= 4 is 0 Å². The number of rotatable bonds is 3. The molecule has 2 heterocycles. The number of ether oxygens (including phenoxy) is 1. The smallest absolute Gasteiger partial charge is 0.165 e. The van der Waals surface area contributed by atoms with Crippen molar-refractivity contribution in [2.45, 2.75) is 19.0 Å². The minimum absolute atomic E-state index is 0.132. The third-order valence-electron chi connectivity index (χ3n) is 3.33. The summed E-state index contributed by atoms with van der Waals surface area (Å²) in [6, 6.07) is 9.15. The number of fused-ring (bicyclic) bond motifs is 1. The van der Waals surface area contributed by atoms with E-state index in [9.17, 15) is 4.39 Å². The van der Waals surface area contributed by atoms with E-state index in [4.69, 9.17) is 4.74 Å². The highest BCUT2D eigenvalue weighted by Crippen LogP contribution is 2.34. The normalized spacial score (nSPS) is 17.6. The number of pyridine rings is 1. The fraction of sp³-hybridized carbons (Fsp3) is 0.267. The van der Waals surface area contributed by atoms with Crippen molar-refractivity contribution in [1.29, 1.82) is 0 Å². The first-order valence-corrected chi connectivity index (χ1v) is 6.38. The molecule has 0 radical (unpaired) electrons. The fourth-order valence-corrected chi connectivity index (χ4v) is 2.34. The number of nitrogens with one attached hydrogen (secondary N) is 1. The molecule has 0 saturated carbocycles. The molecule has 3 rings (SSSR count). The van der Waals surface area contributed by atoms with Crippen LogP contribution >= 0.6 is 0 Å². The summed E-state index contributed by atoms with van der Waals surface area (Å²) in [5, 5.41) is 3.45. The van der Waals surface area contributed by atoms with Gasteiger partial charge in [0, 0.05) is 37.0 Å². The molecule has 0 aliphatic carbocycles. The Morgan fingerprint density at radius 3 is 2.95 bits per heavy atom. The highest BCUT2D eigenvalue weighted by Gasteiger charge is 2.23. The van der Waals surface area contributed by atoms with E-state index in [1.165, 1.54) is 11.6 Å². The van der Waals surface area contributed by atoms with Crippen LogP contribution in [0.15, 0.2) is 42.7 Å². The number of para-hydroxylation sites is 1. The number of benzene rings is 1. The van der Waals surface area contributed by atoms with Gasteiger partial charge in [0.25, 0.3) is 0 Å². The van der Waals surface area contributed by atoms with Crippen molar-refractivity contribution in [2.75, 3.05) is 6.61 Å². The average Bonchev–Trinajstić information content (AvgIpc) is 2.47. The summed E-state index contributed by atoms with van der Waals surface area (Å²) in [7, 11) is 0. The molecule has 0 bridgehead atoms. The Morgan fingerprint density at radius 2 is 2.11 bits per heavy atom. The monoisotopic (exact) mass is 258 g/mol. The van der Waals surface area contributed by atoms with Gasteiger partial charge >= 0.3 is 0 Å². The molecule has 98 valence electrons. The molecule has 3 nitrogen and oxygen atoms in total. The lowest BCUT2D eigenvalue weighted by molar-refractivity contribution is 0.240. The molecule has 1 aliphatic heterocycles. The molecule has 1 N–H and O–H groups in total. The molecule has 2 aromatic rings. The Morgan fingerprint density at radius 1 is 1.26 bits per heavy atom. The summed E-state index contributed by atoms with van der Waals surface area (Å²) in [5.74, 6) is 0.105. The minimum Gasteiger partial charge on any atom is -0.490 e. The summed E-state index contributed by atoms with van der Waals surface area (Å²) in [6.45, 7) is 1.28. The van der Waals surface area contributed by atoms with Gasteiger partial charge in [0.15, 0.2) is 11.6 Å². The van der Waals surface area contributed by atoms with Gasteiger partial charge in [0.1, 0.15) is 0 Å². The maximum Gasteiger partial charge on any atom is 0.165 e. The summed E-state index contributed by atoms with van der Waals surface area (Å²) in [5.41, 5.74) is 2.07. The molecular formula is C15H15FN2O. The maximum absolute atomic E-state index is 13.6. The molecule has 1 aromatic carbocycles. The number of halogens is 1. The fourth-order valence-electron chi connectivity index (χ4n) is 2.34. The Kier molecular flexibility index (Phi) is 3.42. The summed E-state index contributed by atoms with van der Waals surface area (Å²) in [6.07, 6.45) is 4.39. The van der Waals surface area contributed by atoms with Crippen LogP contribution in [-0.2, 0) is 6.54 Å². The summed E-state index contributed by atoms with van der Waals surface area (Å²) < 4.78 is 19.1. The number of hydrogen-bond acceptors (Lipinski definition) is 3. The van der Waals surface area contributed by atoms with Gasteiger partial charge in [-0.25, -0.2) is 4.39 Å². The van der Waals surface area contributed by atoms with Gasteiger partial charge in [-0.15, -0.1) is 0 Å². The first-order valence-electron chi connectivity index (χ1n) is 6.38. The van der Waals surface area contributed by atoms with Crippen molar-refractivity contribution in [1.82, 2.24) is 10.3 Å². The molecule has 1 aliphatic rings. The van der Waals surface area contributed by atoms with Gasteiger partial charge in [-0.2, -0.15) is 0 Å². The molecule has 0 spiro atoms. The van der Waals surface area contributed by atoms with Crippen LogP contribution in [0, 0.1) is 5.82 Å². The predicted molar refractivity (Wildman–Crippen MR) is 70.3 cm³/mol. The van der Waals surface area contributed by atoms with E-state index in [1.54, 1.807) is 18.5 Å². The number of hydrogen-bond donors (Lipinski definition) is 1. The summed E-state index contributed by atoms with van der Waals surface area (Å²) in [4.78, 5) is 3.99. The predicted octanol–water partition coefficient (Wildman–Crippen LogP) is 2.83. The zero-order valence-corrected chi connectivity index (χ0v) is 10.5. The summed E-state index contributed by atoms with van der Waals surface area (Å²) >= 11 is 0. The van der Waals surface area contributed by atoms with Crippen LogP contribution in [0.2, 0.25) is 0 Å². The molecule has 0 saturated heterocycles. The van der Waals surface area contributed by atoms with Crippen molar-refractivity contribution in [3.05, 3.63) is 59.7 Å². The van der Waals surface area contributed by atoms with Crippen LogP contribution in [0.1, 0.15) is 23.6 Å². The van der Waals surface area contributed by atoms with E-state index in [0.717, 1.165) is 18.5 Å². The van der Waals surface area contributed by atoms with Crippen LogP contribution in [0.25, 0.3) is 0 Å². The van der Waals surface area contributed by atoms with Gasteiger partial charge in [-0.05, 0) is 23.8 Å². The molecule has 0 fully saturated rings. The Bertz CT molecular complexity index is 559. The first kappa shape index (κ1) is 12.1. The third kappa shape index (κ3) is 2.58. The van der Waals surface area contributed by atoms with E-state index in [0.29, 0.717) is 12.4 Å². The molecule has 1 unspecified atom stereocenters. The number of nitrogens with zero attached hydrogens (tertiary/aromatic N) is 1. The van der Waals surface area contributed by atoms with Crippen LogP contribution in [-0.4, -0.2) is 11.6 Å². The largest absolute Gasteiger partial charge is 0.490 e. The van der Waals surface area contributed by atoms with Crippen molar-refractivity contribution in [3.8, 4) is 5.75 Å². The maximum atomic E-state index is 13.6. The van der Waals surface area contributed by atoms with Crippen LogP contribution in [0.5, 0.6) is 5.75 Å². The van der Waals surface area contributed by atoms with Crippen LogP contribution < -0.4 is 10.1 Å². The van der Waals surface area contributed by atoms with E-state index < -0.39 is 0 Å². The van der Waals surface area contributed by atoms with Crippen molar-refractivity contribution in [3.63, 3.8) is 0 Å². The van der Waals surface area contributed by atoms with Gasteiger partial charge in [0.2, 0.25) is 0 Å². The SMILES string of the molecule is Fc1cccc2c1OCCC2NCc1ccncc1. The standard InChI is InChI=1S/C15H15FN2O/c16-13-3-1-2-12-14(6-9-19-15(12)13)18-10-11-4-7-17-8-5-11/h1-5,7-8,14,18H,6,9-10H2. The third-order valence-corrected chi connectivity index (χ3v) is 3.33. The second kappa shape index (κ2) is 5.36. The molecule has 4 heteroatoms. The lowest BCUT2D eigenvalue weighted by Crippen LogP contribution is -2.27. The van der Waals surface area contributed by atoms with Crippen LogP contribution in [0.4, 0.5) is 4.39 Å². The van der Waals surface area contributed by atoms with Crippen molar-refractivity contribution < 1.29 is 9.13 Å². The quantitative estimate of drug-likeness (QED) is 0.919. The topological polar surface area (TPSA) is 34.1 Å². The van der Waals surface area contributed by atoms with E-state index in [2.05, 4.69) is 10.3 Å². The van der Waals surface area contributed by atoms with E-state index in [-0.39, 0.29) is 11.9 Å². The molecule has 1 atom stereocenters. The molecule has 1 aromatic heterocycles. The highest BCUT2D eigenvalue weighted by molar-refractivity contribution is 5.38. The second-order valence-corrected chi connectivity index (χ2v) is 4.58. The van der Waals surface area contributed by atoms with Gasteiger partial charge in [-0.1, -0.05) is 12.1 Å². The zero-order valence-electron chi connectivity index (χ0n) is 10.5. The first-order chi connectivity index (χ1) is 9.34. The molecule has 0 amide bonds. The van der Waals surface area contributed by atoms with E-state index in [1.807, 2.05) is 18.2 Å². The Balaban J connectivity index is 1.75. The van der Waals surface area contributed by atoms with Crippen molar-refractivity contribution in [2.24, 2.45) is 0 Å². The highest BCUT2D eigenvalue weighted by atomic mass is 19.1.